The smallest absolute Gasteiger partial charge is 0.550 e. The molecule has 0 saturated heterocycles. The first-order valence-corrected chi connectivity index (χ1v) is 14.5. The molecule has 0 aromatic rings. The number of carbonyl (C=O) groups is 2. The Morgan fingerprint density at radius 2 is 1.11 bits per heavy atom. The summed E-state index contributed by atoms with van der Waals surface area (Å²) in [6, 6.07) is 0. The first-order valence-electron chi connectivity index (χ1n) is 13.0. The van der Waals surface area contributed by atoms with Crippen LogP contribution < -0.4 is 69.3 Å². The standard InChI is InChI=1S/C26H48O7S.2Na/c1-4-5-6-7-8-9-10-11-12-13-14-15-16-17-18-19-20-23(24(27)28)26(25(29)30,21-22(2)3)34(31,32)33;;/h23H,2,4-21H2,1,3H3,(H,27,28)(H,29,30)(H,31,32,33);;/q;2*+1/p-2. The van der Waals surface area contributed by atoms with E-state index in [2.05, 4.69) is 13.5 Å². The van der Waals surface area contributed by atoms with Crippen LogP contribution in [0, 0.1) is 5.92 Å². The van der Waals surface area contributed by atoms with Crippen LogP contribution in [0.3, 0.4) is 0 Å². The van der Waals surface area contributed by atoms with Crippen LogP contribution in [0.15, 0.2) is 12.2 Å². The van der Waals surface area contributed by atoms with Gasteiger partial charge in [-0.15, -0.1) is 6.58 Å². The molecule has 0 rings (SSSR count). The summed E-state index contributed by atoms with van der Waals surface area (Å²) in [7, 11) is -5.28. The van der Waals surface area contributed by atoms with E-state index in [0.29, 0.717) is 12.8 Å². The van der Waals surface area contributed by atoms with E-state index in [0.717, 1.165) is 25.7 Å². The van der Waals surface area contributed by atoms with E-state index in [9.17, 15) is 32.8 Å². The SMILES string of the molecule is C=C(C)CC(C(=O)[O-])(C(CCCCCCCCCCCCCCCCCC)C(=O)[O-])S(=O)(=O)O.[Na+].[Na+]. The van der Waals surface area contributed by atoms with Gasteiger partial charge in [-0.25, -0.2) is 0 Å². The van der Waals surface area contributed by atoms with Gasteiger partial charge in [-0.1, -0.05) is 115 Å². The van der Waals surface area contributed by atoms with Gasteiger partial charge in [0.1, 0.15) is 4.75 Å². The topological polar surface area (TPSA) is 135 Å². The van der Waals surface area contributed by atoms with Gasteiger partial charge < -0.3 is 19.8 Å². The van der Waals surface area contributed by atoms with Gasteiger partial charge in [-0.3, -0.25) is 4.55 Å². The van der Waals surface area contributed by atoms with E-state index >= 15 is 0 Å². The van der Waals surface area contributed by atoms with E-state index in [1.165, 1.54) is 71.1 Å². The van der Waals surface area contributed by atoms with Crippen molar-refractivity contribution >= 4 is 22.1 Å². The third-order valence-corrected chi connectivity index (χ3v) is 8.08. The molecule has 200 valence electrons. The third kappa shape index (κ3) is 16.5. The van der Waals surface area contributed by atoms with Gasteiger partial charge in [0, 0.05) is 11.9 Å². The van der Waals surface area contributed by atoms with Crippen molar-refractivity contribution in [3.8, 4) is 0 Å². The van der Waals surface area contributed by atoms with Gasteiger partial charge in [0.25, 0.3) is 10.1 Å². The summed E-state index contributed by atoms with van der Waals surface area (Å²) in [6.45, 7) is 7.07. The predicted molar refractivity (Wildman–Crippen MR) is 131 cm³/mol. The van der Waals surface area contributed by atoms with E-state index in [4.69, 9.17) is 0 Å². The van der Waals surface area contributed by atoms with Gasteiger partial charge in [-0.05, 0) is 19.8 Å². The zero-order valence-electron chi connectivity index (χ0n) is 23.3. The van der Waals surface area contributed by atoms with E-state index in [1.807, 2.05) is 0 Å². The van der Waals surface area contributed by atoms with Crippen molar-refractivity contribution in [2.24, 2.45) is 5.92 Å². The summed E-state index contributed by atoms with van der Waals surface area (Å²) < 4.78 is 30.5. The first kappa shape index (κ1) is 41.1. The van der Waals surface area contributed by atoms with E-state index < -0.39 is 39.1 Å². The maximum Gasteiger partial charge on any atom is 1.00 e. The number of rotatable bonds is 23. The number of hydrogen-bond donors (Lipinski definition) is 1. The molecule has 10 heteroatoms. The van der Waals surface area contributed by atoms with Crippen LogP contribution >= 0.6 is 0 Å². The Hall–Kier alpha value is 0.590. The molecule has 0 spiro atoms. The van der Waals surface area contributed by atoms with Crippen LogP contribution in [0.4, 0.5) is 0 Å². The van der Waals surface area contributed by atoms with Gasteiger partial charge in [-0.2, -0.15) is 8.42 Å². The summed E-state index contributed by atoms with van der Waals surface area (Å²) in [5.74, 6) is -5.90. The zero-order valence-corrected chi connectivity index (χ0v) is 28.1. The number of carboxylic acids is 2. The van der Waals surface area contributed by atoms with Gasteiger partial charge in [0.15, 0.2) is 0 Å². The number of carbonyl (C=O) groups excluding carboxylic acids is 2. The molecule has 36 heavy (non-hydrogen) atoms. The summed E-state index contributed by atoms with van der Waals surface area (Å²) >= 11 is 0. The minimum atomic E-state index is -5.28. The second kappa shape index (κ2) is 23.5. The maximum absolute atomic E-state index is 12.0. The molecule has 0 saturated carbocycles. The van der Waals surface area contributed by atoms with Crippen LogP contribution in [-0.2, 0) is 19.7 Å². The van der Waals surface area contributed by atoms with Crippen molar-refractivity contribution in [2.45, 2.75) is 134 Å². The summed E-state index contributed by atoms with van der Waals surface area (Å²) in [4.78, 5) is 23.4. The van der Waals surface area contributed by atoms with E-state index in [1.54, 1.807) is 0 Å². The van der Waals surface area contributed by atoms with Gasteiger partial charge in [0.05, 0.1) is 5.97 Å². The molecule has 0 bridgehead atoms. The molecule has 0 radical (unpaired) electrons. The number of carboxylic acid groups (broad SMARTS) is 2. The van der Waals surface area contributed by atoms with Gasteiger partial charge in [0.2, 0.25) is 0 Å². The molecule has 0 aromatic heterocycles. The molecule has 0 heterocycles. The minimum Gasteiger partial charge on any atom is -0.550 e. The molecule has 2 atom stereocenters. The van der Waals surface area contributed by atoms with Crippen molar-refractivity contribution in [3.63, 3.8) is 0 Å². The number of aliphatic carboxylic acids is 2. The quantitative estimate of drug-likeness (QED) is 0.0700. The summed E-state index contributed by atoms with van der Waals surface area (Å²) in [6.07, 6.45) is 17.2. The molecule has 7 nitrogen and oxygen atoms in total. The zero-order chi connectivity index (χ0) is 26.0. The average Bonchev–Trinajstić information content (AvgIpc) is 2.73. The van der Waals surface area contributed by atoms with Crippen LogP contribution in [-0.4, -0.2) is 29.7 Å². The number of hydrogen-bond acceptors (Lipinski definition) is 6. The fourth-order valence-corrected chi connectivity index (χ4v) is 5.81. The van der Waals surface area contributed by atoms with Crippen molar-refractivity contribution in [1.82, 2.24) is 0 Å². The molecule has 2 unspecified atom stereocenters. The van der Waals surface area contributed by atoms with Crippen LogP contribution in [0.1, 0.15) is 129 Å². The Morgan fingerprint density at radius 3 is 1.36 bits per heavy atom. The van der Waals surface area contributed by atoms with Gasteiger partial charge >= 0.3 is 59.1 Å². The molecular formula is C26H46Na2O7S. The Bertz CT molecular complexity index is 713. The normalized spacial score (nSPS) is 13.6. The van der Waals surface area contributed by atoms with Crippen molar-refractivity contribution < 1.29 is 91.9 Å². The first-order chi connectivity index (χ1) is 16.0. The molecular weight excluding hydrogens is 502 g/mol. The Balaban J connectivity index is -0.00000544. The third-order valence-electron chi connectivity index (χ3n) is 6.56. The number of unbranched alkanes of at least 4 members (excludes halogenated alkanes) is 15. The Morgan fingerprint density at radius 1 is 0.778 bits per heavy atom. The fourth-order valence-electron chi connectivity index (χ4n) is 4.60. The molecule has 0 aromatic carbocycles. The van der Waals surface area contributed by atoms with Crippen LogP contribution in [0.5, 0.6) is 0 Å². The Labute approximate surface area is 264 Å². The Kier molecular flexibility index (Phi) is 26.8. The largest absolute Gasteiger partial charge is 1.00 e. The molecule has 0 fully saturated rings. The monoisotopic (exact) mass is 548 g/mol. The molecule has 0 amide bonds. The maximum atomic E-state index is 12.0. The minimum absolute atomic E-state index is 0. The van der Waals surface area contributed by atoms with Crippen molar-refractivity contribution in [2.75, 3.05) is 0 Å². The predicted octanol–water partition coefficient (Wildman–Crippen LogP) is -1.65. The fraction of sp³-hybridized carbons (Fsp3) is 0.846. The summed E-state index contributed by atoms with van der Waals surface area (Å²) in [5.41, 5.74) is 0.111. The summed E-state index contributed by atoms with van der Waals surface area (Å²) in [5, 5.41) is 23.4. The van der Waals surface area contributed by atoms with Crippen LogP contribution in [0.2, 0.25) is 0 Å². The second-order valence-electron chi connectivity index (χ2n) is 9.75. The molecule has 0 aliphatic rings. The van der Waals surface area contributed by atoms with E-state index in [-0.39, 0.29) is 71.1 Å². The van der Waals surface area contributed by atoms with Crippen molar-refractivity contribution in [1.29, 1.82) is 0 Å². The number of allylic oxidation sites excluding steroid dienone is 1. The molecule has 1 N–H and O–H groups in total. The van der Waals surface area contributed by atoms with Crippen LogP contribution in [0.25, 0.3) is 0 Å². The second-order valence-corrected chi connectivity index (χ2v) is 11.4. The molecule has 0 aliphatic carbocycles. The average molecular weight is 549 g/mol. The molecule has 0 aliphatic heterocycles. The van der Waals surface area contributed by atoms with Crippen molar-refractivity contribution in [3.05, 3.63) is 12.2 Å².